The van der Waals surface area contributed by atoms with Crippen LogP contribution in [-0.4, -0.2) is 54.5 Å². The lowest BCUT2D eigenvalue weighted by Crippen LogP contribution is -2.50. The molecule has 0 radical (unpaired) electrons. The van der Waals surface area contributed by atoms with Gasteiger partial charge in [0.15, 0.2) is 0 Å². The highest BCUT2D eigenvalue weighted by atomic mass is 19.4. The van der Waals surface area contributed by atoms with Crippen LogP contribution in [0.4, 0.5) is 18.9 Å². The molecule has 7 heteroatoms. The number of halogens is 3. The Hall–Kier alpha value is -1.76. The van der Waals surface area contributed by atoms with E-state index in [-0.39, 0.29) is 35.7 Å². The fourth-order valence-electron chi connectivity index (χ4n) is 3.77. The van der Waals surface area contributed by atoms with E-state index in [0.717, 1.165) is 13.1 Å². The van der Waals surface area contributed by atoms with Crippen LogP contribution in [0.3, 0.4) is 0 Å². The van der Waals surface area contributed by atoms with E-state index >= 15 is 0 Å². The lowest BCUT2D eigenvalue weighted by Gasteiger charge is -2.40. The number of piperazine rings is 1. The Balaban J connectivity index is 2.08. The molecule has 0 aromatic heterocycles. The maximum absolute atomic E-state index is 13.6. The van der Waals surface area contributed by atoms with E-state index in [4.69, 9.17) is 0 Å². The minimum absolute atomic E-state index is 0.0270. The fourth-order valence-corrected chi connectivity index (χ4v) is 3.77. The minimum atomic E-state index is -4.47. The number of fused-ring (bicyclic) bond motifs is 1. The van der Waals surface area contributed by atoms with Crippen molar-refractivity contribution in [3.63, 3.8) is 0 Å². The van der Waals surface area contributed by atoms with Gasteiger partial charge in [-0.05, 0) is 45.5 Å². The molecule has 2 aliphatic heterocycles. The Kier molecular flexibility index (Phi) is 4.47. The van der Waals surface area contributed by atoms with E-state index in [0.29, 0.717) is 12.2 Å². The zero-order chi connectivity index (χ0) is 18.5. The number of likely N-dealkylation sites (N-methyl/N-ethyl adjacent to an activating group) is 1. The monoisotopic (exact) mass is 355 g/mol. The summed E-state index contributed by atoms with van der Waals surface area (Å²) < 4.78 is 40.9. The van der Waals surface area contributed by atoms with Gasteiger partial charge in [-0.25, -0.2) is 0 Å². The Morgan fingerprint density at radius 2 is 1.88 bits per heavy atom. The third kappa shape index (κ3) is 3.21. The Morgan fingerprint density at radius 3 is 2.44 bits per heavy atom. The predicted octanol–water partition coefficient (Wildman–Crippen LogP) is 3.21. The number of rotatable bonds is 2. The van der Waals surface area contributed by atoms with E-state index in [9.17, 15) is 18.0 Å². The third-order valence-corrected chi connectivity index (χ3v) is 5.15. The average molecular weight is 355 g/mol. The van der Waals surface area contributed by atoms with Crippen LogP contribution in [0.1, 0.15) is 42.3 Å². The molecule has 2 heterocycles. The van der Waals surface area contributed by atoms with Crippen molar-refractivity contribution in [1.82, 2.24) is 9.80 Å². The van der Waals surface area contributed by atoms with Crippen molar-refractivity contribution in [1.29, 1.82) is 0 Å². The number of benzene rings is 1. The van der Waals surface area contributed by atoms with Crippen molar-refractivity contribution in [2.24, 2.45) is 0 Å². The maximum Gasteiger partial charge on any atom is 0.416 e. The molecule has 25 heavy (non-hydrogen) atoms. The predicted molar refractivity (Wildman–Crippen MR) is 90.8 cm³/mol. The number of hydrogen-bond acceptors (Lipinski definition) is 3. The Morgan fingerprint density at radius 1 is 1.20 bits per heavy atom. The van der Waals surface area contributed by atoms with Gasteiger partial charge in [0.05, 0.1) is 5.56 Å². The topological polar surface area (TPSA) is 26.8 Å². The first-order chi connectivity index (χ1) is 11.6. The van der Waals surface area contributed by atoms with E-state index in [1.54, 1.807) is 6.07 Å². The molecule has 1 amide bonds. The SMILES string of the molecule is CC(C)N1Cc2c(cc(N3CCN(C)CC3C)cc2C(F)(F)F)C1=O. The highest BCUT2D eigenvalue weighted by molar-refractivity contribution is 6.00. The molecule has 0 spiro atoms. The van der Waals surface area contributed by atoms with Crippen LogP contribution in [0.5, 0.6) is 0 Å². The number of carbonyl (C=O) groups excluding carboxylic acids is 1. The number of anilines is 1. The van der Waals surface area contributed by atoms with E-state index in [1.807, 2.05) is 32.7 Å². The first-order valence-electron chi connectivity index (χ1n) is 8.60. The van der Waals surface area contributed by atoms with Crippen molar-refractivity contribution in [3.8, 4) is 0 Å². The van der Waals surface area contributed by atoms with Crippen molar-refractivity contribution < 1.29 is 18.0 Å². The summed E-state index contributed by atoms with van der Waals surface area (Å²) >= 11 is 0. The summed E-state index contributed by atoms with van der Waals surface area (Å²) in [5.41, 5.74) is 0.120. The largest absolute Gasteiger partial charge is 0.416 e. The standard InChI is InChI=1S/C18H24F3N3O/c1-11(2)24-10-15-14(17(24)25)7-13(8-16(15)18(19,20)21)23-6-5-22(4)9-12(23)3/h7-8,11-12H,5-6,9-10H2,1-4H3. The van der Waals surface area contributed by atoms with E-state index < -0.39 is 11.7 Å². The van der Waals surface area contributed by atoms with Crippen molar-refractivity contribution >= 4 is 11.6 Å². The quantitative estimate of drug-likeness (QED) is 0.815. The second kappa shape index (κ2) is 6.20. The number of amides is 1. The lowest BCUT2D eigenvalue weighted by molar-refractivity contribution is -0.138. The van der Waals surface area contributed by atoms with Crippen molar-refractivity contribution in [2.45, 2.75) is 45.6 Å². The molecular weight excluding hydrogens is 331 g/mol. The lowest BCUT2D eigenvalue weighted by atomic mass is 10.00. The summed E-state index contributed by atoms with van der Waals surface area (Å²) in [6.07, 6.45) is -4.47. The van der Waals surface area contributed by atoms with E-state index in [2.05, 4.69) is 4.90 Å². The molecule has 1 aromatic carbocycles. The molecule has 0 N–H and O–H groups in total. The smallest absolute Gasteiger partial charge is 0.366 e. The second-order valence-corrected chi connectivity index (χ2v) is 7.35. The molecule has 4 nitrogen and oxygen atoms in total. The molecule has 1 fully saturated rings. The van der Waals surface area contributed by atoms with Gasteiger partial charge in [-0.15, -0.1) is 0 Å². The van der Waals surface area contributed by atoms with Crippen LogP contribution in [0.15, 0.2) is 12.1 Å². The molecule has 0 aliphatic carbocycles. The van der Waals surface area contributed by atoms with E-state index in [1.165, 1.54) is 11.0 Å². The number of alkyl halides is 3. The first kappa shape index (κ1) is 18.0. The fraction of sp³-hybridized carbons (Fsp3) is 0.611. The van der Waals surface area contributed by atoms with Crippen LogP contribution in [0.2, 0.25) is 0 Å². The van der Waals surface area contributed by atoms with Crippen LogP contribution in [-0.2, 0) is 12.7 Å². The molecule has 1 atom stereocenters. The van der Waals surface area contributed by atoms with Gasteiger partial charge in [-0.1, -0.05) is 0 Å². The van der Waals surface area contributed by atoms with Gasteiger partial charge in [0.2, 0.25) is 0 Å². The molecule has 1 unspecified atom stereocenters. The van der Waals surface area contributed by atoms with Crippen molar-refractivity contribution in [2.75, 3.05) is 31.6 Å². The molecular formula is C18H24F3N3O. The number of carbonyl (C=O) groups is 1. The van der Waals surface area contributed by atoms with Gasteiger partial charge in [-0.2, -0.15) is 13.2 Å². The molecule has 3 rings (SSSR count). The summed E-state index contributed by atoms with van der Waals surface area (Å²) in [7, 11) is 2.00. The molecule has 1 aromatic rings. The van der Waals surface area contributed by atoms with Crippen molar-refractivity contribution in [3.05, 3.63) is 28.8 Å². The van der Waals surface area contributed by atoms with Gasteiger partial charge in [0.25, 0.3) is 5.91 Å². The van der Waals surface area contributed by atoms with Gasteiger partial charge in [0.1, 0.15) is 0 Å². The highest BCUT2D eigenvalue weighted by Crippen LogP contribution is 2.41. The zero-order valence-corrected chi connectivity index (χ0v) is 15.0. The number of hydrogen-bond donors (Lipinski definition) is 0. The molecule has 0 bridgehead atoms. The molecule has 0 saturated carbocycles. The zero-order valence-electron chi connectivity index (χ0n) is 15.0. The number of nitrogens with zero attached hydrogens (tertiary/aromatic N) is 3. The minimum Gasteiger partial charge on any atom is -0.366 e. The first-order valence-corrected chi connectivity index (χ1v) is 8.60. The Labute approximate surface area is 146 Å². The molecule has 138 valence electrons. The average Bonchev–Trinajstić information content (AvgIpc) is 2.83. The maximum atomic E-state index is 13.6. The van der Waals surface area contributed by atoms with Gasteiger partial charge < -0.3 is 14.7 Å². The summed E-state index contributed by atoms with van der Waals surface area (Å²) in [6, 6.07) is 2.83. The van der Waals surface area contributed by atoms with Crippen LogP contribution < -0.4 is 4.90 Å². The van der Waals surface area contributed by atoms with Crippen LogP contribution >= 0.6 is 0 Å². The summed E-state index contributed by atoms with van der Waals surface area (Å²) in [5.74, 6) is -0.306. The molecule has 1 saturated heterocycles. The van der Waals surface area contributed by atoms with Crippen LogP contribution in [0.25, 0.3) is 0 Å². The van der Waals surface area contributed by atoms with Gasteiger partial charge in [-0.3, -0.25) is 4.79 Å². The van der Waals surface area contributed by atoms with Crippen LogP contribution in [0, 0.1) is 0 Å². The van der Waals surface area contributed by atoms with Gasteiger partial charge >= 0.3 is 6.18 Å². The summed E-state index contributed by atoms with van der Waals surface area (Å²) in [5, 5.41) is 0. The second-order valence-electron chi connectivity index (χ2n) is 7.35. The summed E-state index contributed by atoms with van der Waals surface area (Å²) in [6.45, 7) is 7.88. The third-order valence-electron chi connectivity index (χ3n) is 5.15. The summed E-state index contributed by atoms with van der Waals surface area (Å²) in [4.78, 5) is 18.2. The highest BCUT2D eigenvalue weighted by Gasteiger charge is 2.41. The molecule has 2 aliphatic rings. The normalized spacial score (nSPS) is 22.1. The Bertz CT molecular complexity index is 687. The van der Waals surface area contributed by atoms with Gasteiger partial charge in [0, 0.05) is 49.5 Å².